The van der Waals surface area contributed by atoms with Gasteiger partial charge in [-0.3, -0.25) is 4.79 Å². The number of carbonyl (C=O) groups excluding carboxylic acids is 2. The predicted molar refractivity (Wildman–Crippen MR) is 105 cm³/mol. The van der Waals surface area contributed by atoms with Gasteiger partial charge >= 0.3 is 5.97 Å². The Bertz CT molecular complexity index is 832. The fraction of sp³-hybridized carbons (Fsp3) is 0.238. The van der Waals surface area contributed by atoms with Gasteiger partial charge in [0.2, 0.25) is 5.91 Å². The lowest BCUT2D eigenvalue weighted by Crippen LogP contribution is -2.73. The zero-order valence-electron chi connectivity index (χ0n) is 14.7. The van der Waals surface area contributed by atoms with E-state index in [1.807, 2.05) is 60.7 Å². The van der Waals surface area contributed by atoms with Crippen LogP contribution in [-0.2, 0) is 14.3 Å². The van der Waals surface area contributed by atoms with Gasteiger partial charge in [0.15, 0.2) is 12.1 Å². The van der Waals surface area contributed by atoms with E-state index in [4.69, 9.17) is 10.5 Å². The number of fused-ring (bicyclic) bond motifs is 1. The summed E-state index contributed by atoms with van der Waals surface area (Å²) in [5, 5.41) is -0.188. The van der Waals surface area contributed by atoms with E-state index < -0.39 is 24.2 Å². The highest BCUT2D eigenvalue weighted by Gasteiger charge is 2.54. The number of esters is 1. The molecule has 2 N–H and O–H groups in total. The quantitative estimate of drug-likeness (QED) is 0.501. The molecule has 0 bridgehead atoms. The van der Waals surface area contributed by atoms with Crippen LogP contribution in [0.4, 0.5) is 0 Å². The number of ether oxygens (including phenoxy) is 1. The maximum Gasteiger partial charge on any atom is 0.334 e. The van der Waals surface area contributed by atoms with Crippen LogP contribution in [0.5, 0.6) is 0 Å². The van der Waals surface area contributed by atoms with Gasteiger partial charge in [0.1, 0.15) is 11.4 Å². The number of hydrogen-bond acceptors (Lipinski definition) is 5. The van der Waals surface area contributed by atoms with E-state index in [9.17, 15) is 9.59 Å². The lowest BCUT2D eigenvalue weighted by atomic mass is 9.98. The van der Waals surface area contributed by atoms with E-state index in [0.717, 1.165) is 11.1 Å². The fourth-order valence-electron chi connectivity index (χ4n) is 3.48. The molecule has 5 nitrogen and oxygen atoms in total. The minimum absolute atomic E-state index is 0.188. The Kier molecular flexibility index (Phi) is 4.76. The molecule has 2 saturated heterocycles. The van der Waals surface area contributed by atoms with Crippen molar-refractivity contribution in [3.05, 3.63) is 83.9 Å². The molecule has 27 heavy (non-hydrogen) atoms. The number of amides is 1. The molecule has 0 aromatic heterocycles. The Morgan fingerprint density at radius 3 is 2.22 bits per heavy atom. The average molecular weight is 380 g/mol. The Labute approximate surface area is 162 Å². The second-order valence-electron chi connectivity index (χ2n) is 6.67. The van der Waals surface area contributed by atoms with Crippen LogP contribution in [0.25, 0.3) is 0 Å². The van der Waals surface area contributed by atoms with Gasteiger partial charge in [-0.2, -0.15) is 0 Å². The van der Waals surface area contributed by atoms with Gasteiger partial charge in [0.05, 0.1) is 0 Å². The lowest BCUT2D eigenvalue weighted by molar-refractivity contribution is -0.164. The van der Waals surface area contributed by atoms with Crippen molar-refractivity contribution in [2.24, 2.45) is 5.73 Å². The Balaban J connectivity index is 1.62. The summed E-state index contributed by atoms with van der Waals surface area (Å²) in [6.45, 7) is 3.99. The van der Waals surface area contributed by atoms with E-state index in [0.29, 0.717) is 11.3 Å². The van der Waals surface area contributed by atoms with Crippen LogP contribution in [0.1, 0.15) is 17.2 Å². The number of thioether (sulfide) groups is 1. The Morgan fingerprint density at radius 2 is 1.67 bits per heavy atom. The van der Waals surface area contributed by atoms with Gasteiger partial charge in [-0.1, -0.05) is 67.2 Å². The van der Waals surface area contributed by atoms with Crippen LogP contribution in [0.15, 0.2) is 72.8 Å². The molecular weight excluding hydrogens is 360 g/mol. The molecule has 2 aliphatic rings. The number of rotatable bonds is 4. The van der Waals surface area contributed by atoms with Gasteiger partial charge in [0, 0.05) is 5.75 Å². The minimum Gasteiger partial charge on any atom is -0.451 e. The monoisotopic (exact) mass is 380 g/mol. The summed E-state index contributed by atoms with van der Waals surface area (Å²) >= 11 is 1.54. The van der Waals surface area contributed by atoms with E-state index in [-0.39, 0.29) is 11.3 Å². The van der Waals surface area contributed by atoms with Crippen LogP contribution in [0.3, 0.4) is 0 Å². The third kappa shape index (κ3) is 3.15. The average Bonchev–Trinajstić information content (AvgIpc) is 2.72. The van der Waals surface area contributed by atoms with Crippen LogP contribution >= 0.6 is 11.8 Å². The lowest BCUT2D eigenvalue weighted by Gasteiger charge is -2.51. The molecule has 2 aromatic rings. The standard InChI is InChI=1S/C21H20N2O3S/c1-13-12-27-20-16(22)19(24)23(20)17(13)21(25)26-18(14-8-4-2-5-9-14)15-10-6-3-7-11-15/h2-11,16-18,20H,1,12,22H2/t16-,17-,20+/m1/s1. The fourth-order valence-corrected chi connectivity index (χ4v) is 4.73. The molecule has 0 radical (unpaired) electrons. The van der Waals surface area contributed by atoms with Crippen LogP contribution in [0, 0.1) is 0 Å². The maximum atomic E-state index is 13.1. The van der Waals surface area contributed by atoms with E-state index in [1.54, 1.807) is 0 Å². The van der Waals surface area contributed by atoms with Crippen molar-refractivity contribution < 1.29 is 14.3 Å². The van der Waals surface area contributed by atoms with Crippen molar-refractivity contribution in [3.63, 3.8) is 0 Å². The molecule has 2 fully saturated rings. The molecule has 0 saturated carbocycles. The number of nitrogens with two attached hydrogens (primary N) is 1. The molecular formula is C21H20N2O3S. The summed E-state index contributed by atoms with van der Waals surface area (Å²) in [5.41, 5.74) is 8.28. The predicted octanol–water partition coefficient (Wildman–Crippen LogP) is 2.49. The molecule has 6 heteroatoms. The van der Waals surface area contributed by atoms with Crippen molar-refractivity contribution in [1.82, 2.24) is 4.90 Å². The van der Waals surface area contributed by atoms with Crippen molar-refractivity contribution in [3.8, 4) is 0 Å². The van der Waals surface area contributed by atoms with Crippen molar-refractivity contribution in [1.29, 1.82) is 0 Å². The van der Waals surface area contributed by atoms with Crippen molar-refractivity contribution in [2.45, 2.75) is 23.6 Å². The summed E-state index contributed by atoms with van der Waals surface area (Å²) in [6, 6.07) is 17.8. The maximum absolute atomic E-state index is 13.1. The van der Waals surface area contributed by atoms with Crippen LogP contribution < -0.4 is 5.73 Å². The summed E-state index contributed by atoms with van der Waals surface area (Å²) in [6.07, 6.45) is -0.550. The first-order chi connectivity index (χ1) is 13.1. The van der Waals surface area contributed by atoms with Crippen LogP contribution in [-0.4, -0.2) is 40.0 Å². The summed E-state index contributed by atoms with van der Waals surface area (Å²) in [5.74, 6) is -0.113. The first-order valence-electron chi connectivity index (χ1n) is 8.75. The molecule has 0 aliphatic carbocycles. The van der Waals surface area contributed by atoms with Crippen LogP contribution in [0.2, 0.25) is 0 Å². The molecule has 2 aliphatic heterocycles. The zero-order valence-corrected chi connectivity index (χ0v) is 15.5. The number of hydrogen-bond donors (Lipinski definition) is 1. The SMILES string of the molecule is C=C1CS[C@H]2[C@H](N)C(=O)N2[C@H]1C(=O)OC(c1ccccc1)c1ccccc1. The van der Waals surface area contributed by atoms with E-state index in [1.165, 1.54) is 16.7 Å². The summed E-state index contributed by atoms with van der Waals surface area (Å²) < 4.78 is 5.92. The van der Waals surface area contributed by atoms with Gasteiger partial charge in [-0.15, -0.1) is 11.8 Å². The normalized spacial score (nSPS) is 24.4. The first kappa shape index (κ1) is 17.8. The molecule has 1 amide bonds. The van der Waals surface area contributed by atoms with E-state index >= 15 is 0 Å². The zero-order chi connectivity index (χ0) is 19.0. The highest BCUT2D eigenvalue weighted by molar-refractivity contribution is 8.00. The molecule has 2 aromatic carbocycles. The molecule has 0 spiro atoms. The largest absolute Gasteiger partial charge is 0.451 e. The highest BCUT2D eigenvalue weighted by atomic mass is 32.2. The van der Waals surface area contributed by atoms with Crippen molar-refractivity contribution in [2.75, 3.05) is 5.75 Å². The number of β-lactam (4-membered cyclic amide) rings is 1. The van der Waals surface area contributed by atoms with Crippen molar-refractivity contribution >= 4 is 23.6 Å². The topological polar surface area (TPSA) is 72.6 Å². The number of benzene rings is 2. The Hall–Kier alpha value is -2.57. The third-order valence-electron chi connectivity index (χ3n) is 4.89. The van der Waals surface area contributed by atoms with Gasteiger partial charge in [0.25, 0.3) is 0 Å². The first-order valence-corrected chi connectivity index (χ1v) is 9.80. The molecule has 3 atom stereocenters. The van der Waals surface area contributed by atoms with Gasteiger partial charge < -0.3 is 15.4 Å². The highest BCUT2D eigenvalue weighted by Crippen LogP contribution is 2.40. The number of nitrogens with zero attached hydrogens (tertiary/aromatic N) is 1. The second kappa shape index (κ2) is 7.21. The minimum atomic E-state index is -0.779. The number of carbonyl (C=O) groups is 2. The Morgan fingerprint density at radius 1 is 1.11 bits per heavy atom. The van der Waals surface area contributed by atoms with E-state index in [2.05, 4.69) is 6.58 Å². The third-order valence-corrected chi connectivity index (χ3v) is 6.29. The molecule has 138 valence electrons. The summed E-state index contributed by atoms with van der Waals surface area (Å²) in [7, 11) is 0. The smallest absolute Gasteiger partial charge is 0.334 e. The second-order valence-corrected chi connectivity index (χ2v) is 7.78. The van der Waals surface area contributed by atoms with Gasteiger partial charge in [-0.05, 0) is 16.7 Å². The molecule has 2 heterocycles. The molecule has 4 rings (SSSR count). The molecule has 0 unspecified atom stereocenters. The summed E-state index contributed by atoms with van der Waals surface area (Å²) in [4.78, 5) is 26.8. The van der Waals surface area contributed by atoms with Gasteiger partial charge in [-0.25, -0.2) is 4.79 Å².